The Hall–Kier alpha value is 0.210. The van der Waals surface area contributed by atoms with E-state index in [0.29, 0.717) is 10.0 Å². The van der Waals surface area contributed by atoms with Crippen molar-refractivity contribution in [3.8, 4) is 0 Å². The van der Waals surface area contributed by atoms with Crippen LogP contribution in [0.2, 0.25) is 5.02 Å². The van der Waals surface area contributed by atoms with Crippen LogP contribution in [0, 0.1) is 5.82 Å². The molecule has 11 heavy (non-hydrogen) atoms. The summed E-state index contributed by atoms with van der Waals surface area (Å²) < 4.78 is 13.3. The lowest BCUT2D eigenvalue weighted by Crippen LogP contribution is -1.83. The molecule has 0 heterocycles. The molecule has 0 saturated heterocycles. The number of halogens is 4. The summed E-state index contributed by atoms with van der Waals surface area (Å²) in [6.07, 6.45) is 0. The number of hydrogen-bond acceptors (Lipinski definition) is 0. The molecule has 0 fully saturated rings. The largest absolute Gasteiger partial charge is 0.205 e. The average Bonchev–Trinajstić information content (AvgIpc) is 1.99. The first kappa shape index (κ1) is 9.30. The zero-order valence-electron chi connectivity index (χ0n) is 5.37. The van der Waals surface area contributed by atoms with Gasteiger partial charge in [-0.2, -0.15) is 0 Å². The monoisotopic (exact) mass is 256 g/mol. The number of alkyl halides is 1. The molecule has 0 aliphatic carbocycles. The van der Waals surface area contributed by atoms with Crippen LogP contribution in [0.5, 0.6) is 0 Å². The molecule has 0 spiro atoms. The molecule has 0 bridgehead atoms. The predicted octanol–water partition coefficient (Wildman–Crippen LogP) is 3.98. The van der Waals surface area contributed by atoms with E-state index >= 15 is 0 Å². The third-order valence-corrected chi connectivity index (χ3v) is 2.74. The minimum Gasteiger partial charge on any atom is -0.205 e. The van der Waals surface area contributed by atoms with Gasteiger partial charge in [0.05, 0.1) is 5.02 Å². The van der Waals surface area contributed by atoms with Gasteiger partial charge < -0.3 is 0 Å². The van der Waals surface area contributed by atoms with Crippen molar-refractivity contribution in [3.05, 3.63) is 33.0 Å². The quantitative estimate of drug-likeness (QED) is 0.527. The maximum atomic E-state index is 12.8. The van der Waals surface area contributed by atoms with Gasteiger partial charge in [-0.1, -0.05) is 11.6 Å². The highest BCUT2D eigenvalue weighted by molar-refractivity contribution is 9.10. The molecule has 0 aliphatic rings. The second kappa shape index (κ2) is 3.74. The van der Waals surface area contributed by atoms with E-state index in [9.17, 15) is 4.39 Å². The number of benzene rings is 1. The van der Waals surface area contributed by atoms with Crippen molar-refractivity contribution in [1.29, 1.82) is 0 Å². The van der Waals surface area contributed by atoms with Gasteiger partial charge in [-0.15, -0.1) is 11.6 Å². The molecule has 0 atom stereocenters. The van der Waals surface area contributed by atoms with E-state index in [2.05, 4.69) is 15.9 Å². The topological polar surface area (TPSA) is 0 Å². The summed E-state index contributed by atoms with van der Waals surface area (Å²) in [7, 11) is 0. The molecule has 0 saturated carbocycles. The molecule has 0 amide bonds. The fourth-order valence-electron chi connectivity index (χ4n) is 0.685. The van der Waals surface area contributed by atoms with Crippen molar-refractivity contribution in [2.45, 2.75) is 5.88 Å². The van der Waals surface area contributed by atoms with Crippen molar-refractivity contribution in [2.24, 2.45) is 0 Å². The minimum atomic E-state index is -0.448. The molecule has 0 aliphatic heterocycles. The van der Waals surface area contributed by atoms with Crippen molar-refractivity contribution < 1.29 is 4.39 Å². The summed E-state index contributed by atoms with van der Waals surface area (Å²) in [5.41, 5.74) is 0.709. The maximum Gasteiger partial charge on any atom is 0.143 e. The number of rotatable bonds is 1. The van der Waals surface area contributed by atoms with Gasteiger partial charge in [0.25, 0.3) is 0 Å². The third-order valence-electron chi connectivity index (χ3n) is 1.20. The van der Waals surface area contributed by atoms with Gasteiger partial charge in [0.2, 0.25) is 0 Å². The first-order chi connectivity index (χ1) is 5.15. The Morgan fingerprint density at radius 2 is 2.09 bits per heavy atom. The van der Waals surface area contributed by atoms with Crippen LogP contribution < -0.4 is 0 Å². The number of hydrogen-bond donors (Lipinski definition) is 0. The Balaban J connectivity index is 3.21. The van der Waals surface area contributed by atoms with E-state index in [4.69, 9.17) is 23.2 Å². The van der Waals surface area contributed by atoms with Crippen molar-refractivity contribution in [2.75, 3.05) is 0 Å². The van der Waals surface area contributed by atoms with Crippen LogP contribution in [-0.2, 0) is 5.88 Å². The normalized spacial score (nSPS) is 10.2. The SMILES string of the molecule is Fc1cc(CCl)cc(Br)c1Cl. The highest BCUT2D eigenvalue weighted by Crippen LogP contribution is 2.27. The van der Waals surface area contributed by atoms with Gasteiger partial charge in [-0.25, -0.2) is 4.39 Å². The van der Waals surface area contributed by atoms with Gasteiger partial charge in [0.1, 0.15) is 5.82 Å². The van der Waals surface area contributed by atoms with Crippen LogP contribution in [0.15, 0.2) is 16.6 Å². The van der Waals surface area contributed by atoms with Crippen LogP contribution in [0.1, 0.15) is 5.56 Å². The second-order valence-corrected chi connectivity index (χ2v) is 3.51. The Morgan fingerprint density at radius 1 is 1.45 bits per heavy atom. The maximum absolute atomic E-state index is 12.8. The molecule has 1 aromatic rings. The molecular formula is C7H4BrCl2F. The van der Waals surface area contributed by atoms with Gasteiger partial charge in [-0.05, 0) is 33.6 Å². The van der Waals surface area contributed by atoms with Crippen molar-refractivity contribution in [3.63, 3.8) is 0 Å². The summed E-state index contributed by atoms with van der Waals surface area (Å²) in [4.78, 5) is 0. The van der Waals surface area contributed by atoms with Crippen molar-refractivity contribution >= 4 is 39.1 Å². The standard InChI is InChI=1S/C7H4BrCl2F/c8-5-1-4(3-9)2-6(11)7(5)10/h1-2H,3H2. The summed E-state index contributed by atoms with van der Waals surface area (Å²) in [5.74, 6) is -0.163. The summed E-state index contributed by atoms with van der Waals surface area (Å²) in [6, 6.07) is 3.01. The molecule has 60 valence electrons. The molecule has 0 unspecified atom stereocenters. The highest BCUT2D eigenvalue weighted by Gasteiger charge is 2.05. The Bertz CT molecular complexity index is 252. The van der Waals surface area contributed by atoms with Crippen molar-refractivity contribution in [1.82, 2.24) is 0 Å². The molecule has 0 aromatic heterocycles. The molecule has 0 nitrogen and oxygen atoms in total. The van der Waals surface area contributed by atoms with E-state index in [1.54, 1.807) is 6.07 Å². The molecule has 0 N–H and O–H groups in total. The molecule has 1 rings (SSSR count). The first-order valence-corrected chi connectivity index (χ1v) is 4.55. The van der Waals surface area contributed by atoms with Gasteiger partial charge >= 0.3 is 0 Å². The van der Waals surface area contributed by atoms with E-state index in [0.717, 1.165) is 0 Å². The highest BCUT2D eigenvalue weighted by atomic mass is 79.9. The lowest BCUT2D eigenvalue weighted by molar-refractivity contribution is 0.626. The second-order valence-electron chi connectivity index (χ2n) is 2.01. The van der Waals surface area contributed by atoms with Crippen LogP contribution in [-0.4, -0.2) is 0 Å². The summed E-state index contributed by atoms with van der Waals surface area (Å²) in [6.45, 7) is 0. The third kappa shape index (κ3) is 2.08. The van der Waals surface area contributed by atoms with E-state index in [1.807, 2.05) is 0 Å². The molecule has 1 aromatic carbocycles. The van der Waals surface area contributed by atoms with E-state index in [-0.39, 0.29) is 10.9 Å². The lowest BCUT2D eigenvalue weighted by atomic mass is 10.2. The Morgan fingerprint density at radius 3 is 2.55 bits per heavy atom. The first-order valence-electron chi connectivity index (χ1n) is 2.84. The van der Waals surface area contributed by atoms with Gasteiger partial charge in [-0.3, -0.25) is 0 Å². The minimum absolute atomic E-state index is 0.0962. The summed E-state index contributed by atoms with van der Waals surface area (Å²) >= 11 is 14.1. The van der Waals surface area contributed by atoms with Crippen LogP contribution in [0.4, 0.5) is 4.39 Å². The Kier molecular flexibility index (Phi) is 3.16. The van der Waals surface area contributed by atoms with E-state index < -0.39 is 5.82 Å². The van der Waals surface area contributed by atoms with Crippen LogP contribution >= 0.6 is 39.1 Å². The average molecular weight is 258 g/mol. The lowest BCUT2D eigenvalue weighted by Gasteiger charge is -2.00. The Labute approximate surface area is 82.4 Å². The van der Waals surface area contributed by atoms with Gasteiger partial charge in [0, 0.05) is 10.4 Å². The molecule has 4 heteroatoms. The van der Waals surface area contributed by atoms with Crippen LogP contribution in [0.3, 0.4) is 0 Å². The summed E-state index contributed by atoms with van der Waals surface area (Å²) in [5, 5.41) is 0.0962. The molecular weight excluding hydrogens is 254 g/mol. The predicted molar refractivity (Wildman–Crippen MR) is 48.7 cm³/mol. The van der Waals surface area contributed by atoms with Gasteiger partial charge in [0.15, 0.2) is 0 Å². The smallest absolute Gasteiger partial charge is 0.143 e. The fourth-order valence-corrected chi connectivity index (χ4v) is 1.43. The van der Waals surface area contributed by atoms with Crippen LogP contribution in [0.25, 0.3) is 0 Å². The zero-order valence-corrected chi connectivity index (χ0v) is 8.47. The van der Waals surface area contributed by atoms with E-state index in [1.165, 1.54) is 6.07 Å². The molecule has 0 radical (unpaired) electrons. The zero-order chi connectivity index (χ0) is 8.43. The fraction of sp³-hybridized carbons (Fsp3) is 0.143.